The van der Waals surface area contributed by atoms with E-state index in [1.165, 1.54) is 12.1 Å². The number of Topliss-reactive ketones (excluding diaryl/α,β-unsaturated/α-hetero) is 1. The van der Waals surface area contributed by atoms with Crippen LogP contribution in [-0.4, -0.2) is 71.1 Å². The Balaban J connectivity index is 1.54. The van der Waals surface area contributed by atoms with Crippen LogP contribution in [0, 0.1) is 27.9 Å². The van der Waals surface area contributed by atoms with Crippen molar-refractivity contribution in [3.63, 3.8) is 0 Å². The van der Waals surface area contributed by atoms with Gasteiger partial charge in [-0.2, -0.15) is 0 Å². The van der Waals surface area contributed by atoms with Crippen LogP contribution in [0.5, 0.6) is 5.75 Å². The summed E-state index contributed by atoms with van der Waals surface area (Å²) in [6.07, 6.45) is 1.12. The van der Waals surface area contributed by atoms with Crippen molar-refractivity contribution in [2.24, 2.45) is 23.5 Å². The molecule has 3 aliphatic rings. The number of amides is 1. The molecule has 0 radical (unpaired) electrons. The lowest BCUT2D eigenvalue weighted by atomic mass is 9.61. The maximum Gasteiger partial charge on any atom is 0.433 e. The van der Waals surface area contributed by atoms with Crippen molar-refractivity contribution >= 4 is 28.9 Å². The van der Waals surface area contributed by atoms with Crippen LogP contribution >= 0.6 is 0 Å². The van der Waals surface area contributed by atoms with Crippen LogP contribution in [0.4, 0.5) is 17.3 Å². The molecule has 0 aliphatic heterocycles. The maximum absolute atomic E-state index is 13.4. The van der Waals surface area contributed by atoms with Gasteiger partial charge in [0.2, 0.25) is 0 Å². The predicted octanol–water partition coefficient (Wildman–Crippen LogP) is 2.54. The number of hydrogen-bond donors (Lipinski definition) is 5. The van der Waals surface area contributed by atoms with Gasteiger partial charge in [-0.15, -0.1) is 0 Å². The molecule has 0 bridgehead atoms. The fraction of sp³-hybridized carbons (Fsp3) is 0.429. The number of rotatable bonds is 7. The summed E-state index contributed by atoms with van der Waals surface area (Å²) < 4.78 is 5.22. The second-order valence-electron chi connectivity index (χ2n) is 11.3. The zero-order valence-electron chi connectivity index (χ0n) is 23.2. The lowest BCUT2D eigenvalue weighted by Gasteiger charge is -2.46. The van der Waals surface area contributed by atoms with Crippen LogP contribution in [0.15, 0.2) is 45.3 Å². The van der Waals surface area contributed by atoms with E-state index in [-0.39, 0.29) is 42.0 Å². The first kappa shape index (κ1) is 28.0. The molecular weight excluding hydrogens is 534 g/mol. The molecule has 2 aromatic rings. The lowest BCUT2D eigenvalue weighted by Crippen LogP contribution is -2.52. The molecule has 1 heterocycles. The van der Waals surface area contributed by atoms with Crippen molar-refractivity contribution in [3.05, 3.63) is 67.9 Å². The maximum atomic E-state index is 13.4. The number of primary amides is 1. The normalized spacial score (nSPS) is 23.7. The minimum Gasteiger partial charge on any atom is -0.512 e. The Bertz CT molecular complexity index is 1520. The van der Waals surface area contributed by atoms with Gasteiger partial charge in [-0.05, 0) is 62.0 Å². The molecule has 41 heavy (non-hydrogen) atoms. The van der Waals surface area contributed by atoms with E-state index in [1.807, 2.05) is 19.0 Å². The monoisotopic (exact) mass is 567 g/mol. The standard InChI is InChI=1S/C28H33N5O8/c1-31(2)19-10-18(30-11-13-5-6-20(41-13)33(39)40)24(34)16-9-14-12(7-15(16)19)8-17-21(25(14)35)26(36)22(28(29)38)27(37)23(17)32(3)4/h5-6,10,12,17,21,23,30,34-35,37H,7-9,11H2,1-4H3,(H2,29,38)/t12?,17?,21?,23-/m1/s1. The molecule has 1 aromatic heterocycles. The molecule has 0 spiro atoms. The quantitative estimate of drug-likeness (QED) is 0.143. The number of aliphatic hydroxyl groups excluding tert-OH is 2. The Morgan fingerprint density at radius 2 is 1.88 bits per heavy atom. The number of nitro groups is 1. The van der Waals surface area contributed by atoms with Gasteiger partial charge in [-0.3, -0.25) is 24.6 Å². The Labute approximate surface area is 235 Å². The number of aromatic hydroxyl groups is 1. The summed E-state index contributed by atoms with van der Waals surface area (Å²) in [5, 5.41) is 47.8. The van der Waals surface area contributed by atoms with E-state index >= 15 is 0 Å². The van der Waals surface area contributed by atoms with Crippen molar-refractivity contribution in [2.75, 3.05) is 38.4 Å². The number of benzene rings is 1. The number of nitrogens with two attached hydrogens (primary N) is 1. The molecular formula is C28H33N5O8. The highest BCUT2D eigenvalue weighted by atomic mass is 16.6. The number of nitrogens with one attached hydrogen (secondary N) is 1. The number of phenolic OH excluding ortho intramolecular Hbond substituents is 1. The third-order valence-corrected chi connectivity index (χ3v) is 8.45. The van der Waals surface area contributed by atoms with Gasteiger partial charge in [0.25, 0.3) is 5.91 Å². The number of fused-ring (bicyclic) bond motifs is 3. The fourth-order valence-electron chi connectivity index (χ4n) is 6.68. The van der Waals surface area contributed by atoms with Crippen molar-refractivity contribution in [1.29, 1.82) is 0 Å². The van der Waals surface area contributed by atoms with Crippen molar-refractivity contribution < 1.29 is 34.2 Å². The number of likely N-dealkylation sites (N-methyl/N-ethyl adjacent to an activating group) is 1. The van der Waals surface area contributed by atoms with E-state index in [0.29, 0.717) is 35.4 Å². The highest BCUT2D eigenvalue weighted by Gasteiger charge is 2.53. The fourth-order valence-corrected chi connectivity index (χ4v) is 6.68. The summed E-state index contributed by atoms with van der Waals surface area (Å²) in [4.78, 5) is 39.5. The number of anilines is 2. The minimum absolute atomic E-state index is 0.0379. The number of phenols is 1. The zero-order chi connectivity index (χ0) is 29.9. The van der Waals surface area contributed by atoms with Crippen molar-refractivity contribution in [1.82, 2.24) is 4.90 Å². The second kappa shape index (κ2) is 10.1. The molecule has 1 aromatic carbocycles. The molecule has 0 saturated heterocycles. The van der Waals surface area contributed by atoms with Crippen LogP contribution in [0.1, 0.15) is 23.3 Å². The first-order chi connectivity index (χ1) is 19.3. The third-order valence-electron chi connectivity index (χ3n) is 8.45. The van der Waals surface area contributed by atoms with E-state index < -0.39 is 40.1 Å². The predicted molar refractivity (Wildman–Crippen MR) is 149 cm³/mol. The highest BCUT2D eigenvalue weighted by molar-refractivity contribution is 6.21. The van der Waals surface area contributed by atoms with E-state index in [4.69, 9.17) is 10.2 Å². The SMILES string of the molecule is CN(C)c1cc(NCc2ccc([N+](=O)[O-])o2)c(O)c2c1CC1CC3C(C(=O)C(C(N)=O)=C(O)[C@@H]3N(C)C)C(O)=C1C2. The number of carbonyl (C=O) groups excluding carboxylic acids is 2. The molecule has 3 unspecified atom stereocenters. The summed E-state index contributed by atoms with van der Waals surface area (Å²) in [6.45, 7) is 0.0829. The van der Waals surface area contributed by atoms with Gasteiger partial charge in [0.15, 0.2) is 5.78 Å². The van der Waals surface area contributed by atoms with Gasteiger partial charge < -0.3 is 35.7 Å². The first-order valence-electron chi connectivity index (χ1n) is 13.2. The van der Waals surface area contributed by atoms with Gasteiger partial charge in [-0.25, -0.2) is 0 Å². The summed E-state index contributed by atoms with van der Waals surface area (Å²) in [6, 6.07) is 3.85. The van der Waals surface area contributed by atoms with E-state index in [1.54, 1.807) is 25.1 Å². The van der Waals surface area contributed by atoms with Crippen molar-refractivity contribution in [3.8, 4) is 5.75 Å². The number of furan rings is 1. The Morgan fingerprint density at radius 1 is 1.17 bits per heavy atom. The van der Waals surface area contributed by atoms with Gasteiger partial charge in [-0.1, -0.05) is 0 Å². The van der Waals surface area contributed by atoms with Gasteiger partial charge in [0.1, 0.15) is 33.5 Å². The smallest absolute Gasteiger partial charge is 0.433 e. The lowest BCUT2D eigenvalue weighted by molar-refractivity contribution is -0.402. The highest BCUT2D eigenvalue weighted by Crippen LogP contribution is 2.52. The molecule has 4 atom stereocenters. The Hall–Kier alpha value is -4.52. The number of allylic oxidation sites excluding steroid dienone is 2. The van der Waals surface area contributed by atoms with E-state index in [0.717, 1.165) is 11.3 Å². The van der Waals surface area contributed by atoms with Gasteiger partial charge >= 0.3 is 5.88 Å². The minimum atomic E-state index is -1.04. The number of hydrogen-bond acceptors (Lipinski definition) is 11. The number of nitrogens with zero attached hydrogens (tertiary/aromatic N) is 3. The topological polar surface area (TPSA) is 196 Å². The molecule has 0 fully saturated rings. The summed E-state index contributed by atoms with van der Waals surface area (Å²) in [5.74, 6) is -4.06. The van der Waals surface area contributed by atoms with Gasteiger partial charge in [0.05, 0.1) is 30.3 Å². The van der Waals surface area contributed by atoms with Crippen LogP contribution in [0.25, 0.3) is 0 Å². The zero-order valence-corrected chi connectivity index (χ0v) is 23.2. The molecule has 13 heteroatoms. The summed E-state index contributed by atoms with van der Waals surface area (Å²) in [7, 11) is 7.22. The molecule has 0 saturated carbocycles. The van der Waals surface area contributed by atoms with Crippen LogP contribution in [0.3, 0.4) is 0 Å². The Kier molecular flexibility index (Phi) is 6.93. The number of ketones is 1. The third kappa shape index (κ3) is 4.55. The first-order valence-corrected chi connectivity index (χ1v) is 13.2. The van der Waals surface area contributed by atoms with Crippen LogP contribution < -0.4 is 16.0 Å². The van der Waals surface area contributed by atoms with Crippen LogP contribution in [0.2, 0.25) is 0 Å². The number of carbonyl (C=O) groups is 2. The largest absolute Gasteiger partial charge is 0.512 e. The number of aliphatic hydroxyl groups is 2. The molecule has 218 valence electrons. The molecule has 6 N–H and O–H groups in total. The molecule has 13 nitrogen and oxygen atoms in total. The van der Waals surface area contributed by atoms with Crippen molar-refractivity contribution in [2.45, 2.75) is 31.8 Å². The van der Waals surface area contributed by atoms with E-state index in [9.17, 15) is 35.0 Å². The summed E-state index contributed by atoms with van der Waals surface area (Å²) >= 11 is 0. The van der Waals surface area contributed by atoms with Crippen LogP contribution in [-0.2, 0) is 29.0 Å². The average Bonchev–Trinajstić information content (AvgIpc) is 3.36. The summed E-state index contributed by atoms with van der Waals surface area (Å²) in [5.41, 5.74) is 8.28. The molecule has 1 amide bonds. The van der Waals surface area contributed by atoms with E-state index in [2.05, 4.69) is 5.32 Å². The van der Waals surface area contributed by atoms with Gasteiger partial charge in [0, 0.05) is 31.8 Å². The second-order valence-corrected chi connectivity index (χ2v) is 11.3. The average molecular weight is 568 g/mol. The molecule has 5 rings (SSSR count). The Morgan fingerprint density at radius 3 is 2.46 bits per heavy atom. The molecule has 3 aliphatic carbocycles.